The second-order valence-electron chi connectivity index (χ2n) is 4.55. The molecule has 0 spiro atoms. The SMILES string of the molecule is CC(C)n1nccc1NS(=O)(=O)c1cc(N)ccc1Br. The molecule has 20 heavy (non-hydrogen) atoms. The summed E-state index contributed by atoms with van der Waals surface area (Å²) < 4.78 is 29.4. The van der Waals surface area contributed by atoms with E-state index in [2.05, 4.69) is 25.8 Å². The lowest BCUT2D eigenvalue weighted by Crippen LogP contribution is -2.18. The van der Waals surface area contributed by atoms with Crippen molar-refractivity contribution < 1.29 is 8.42 Å². The van der Waals surface area contributed by atoms with Gasteiger partial charge in [0, 0.05) is 22.3 Å². The van der Waals surface area contributed by atoms with Crippen molar-refractivity contribution in [1.82, 2.24) is 9.78 Å². The Morgan fingerprint density at radius 1 is 1.35 bits per heavy atom. The molecule has 0 radical (unpaired) electrons. The average molecular weight is 359 g/mol. The number of rotatable bonds is 4. The summed E-state index contributed by atoms with van der Waals surface area (Å²) in [5.74, 6) is 0.411. The number of nitrogens with two attached hydrogens (primary N) is 1. The fourth-order valence-electron chi connectivity index (χ4n) is 1.73. The number of benzene rings is 1. The molecular weight excluding hydrogens is 344 g/mol. The molecule has 1 aromatic carbocycles. The zero-order chi connectivity index (χ0) is 14.9. The third-order valence-electron chi connectivity index (χ3n) is 2.64. The van der Waals surface area contributed by atoms with Gasteiger partial charge in [-0.3, -0.25) is 4.72 Å². The number of halogens is 1. The Hall–Kier alpha value is -1.54. The maximum atomic E-state index is 12.4. The van der Waals surface area contributed by atoms with Gasteiger partial charge < -0.3 is 5.73 Å². The van der Waals surface area contributed by atoms with Crippen molar-refractivity contribution in [3.05, 3.63) is 34.9 Å². The summed E-state index contributed by atoms with van der Waals surface area (Å²) in [6, 6.07) is 6.29. The van der Waals surface area contributed by atoms with Crippen molar-refractivity contribution in [2.45, 2.75) is 24.8 Å². The molecule has 8 heteroatoms. The van der Waals surface area contributed by atoms with E-state index in [1.54, 1.807) is 29.1 Å². The van der Waals surface area contributed by atoms with E-state index in [0.717, 1.165) is 0 Å². The lowest BCUT2D eigenvalue weighted by atomic mass is 10.3. The minimum Gasteiger partial charge on any atom is -0.399 e. The van der Waals surface area contributed by atoms with Crippen molar-refractivity contribution in [3.63, 3.8) is 0 Å². The number of nitrogens with zero attached hydrogens (tertiary/aromatic N) is 2. The van der Waals surface area contributed by atoms with E-state index < -0.39 is 10.0 Å². The monoisotopic (exact) mass is 358 g/mol. The molecule has 0 atom stereocenters. The number of sulfonamides is 1. The van der Waals surface area contributed by atoms with Gasteiger partial charge in [-0.15, -0.1) is 0 Å². The fraction of sp³-hybridized carbons (Fsp3) is 0.250. The summed E-state index contributed by atoms with van der Waals surface area (Å²) in [5.41, 5.74) is 6.03. The number of nitrogen functional groups attached to an aromatic ring is 1. The predicted octanol–water partition coefficient (Wildman–Crippen LogP) is 2.61. The largest absolute Gasteiger partial charge is 0.399 e. The minimum absolute atomic E-state index is 0.0481. The van der Waals surface area contributed by atoms with Gasteiger partial charge in [0.25, 0.3) is 10.0 Å². The molecule has 3 N–H and O–H groups in total. The van der Waals surface area contributed by atoms with Crippen LogP contribution in [-0.4, -0.2) is 18.2 Å². The van der Waals surface area contributed by atoms with Crippen molar-refractivity contribution in [2.24, 2.45) is 0 Å². The molecule has 0 fully saturated rings. The van der Waals surface area contributed by atoms with Crippen LogP contribution in [0.2, 0.25) is 0 Å². The highest BCUT2D eigenvalue weighted by Gasteiger charge is 2.20. The molecular formula is C12H15BrN4O2S. The van der Waals surface area contributed by atoms with Crippen LogP contribution in [0.3, 0.4) is 0 Å². The first-order valence-electron chi connectivity index (χ1n) is 5.92. The van der Waals surface area contributed by atoms with Crippen LogP contribution in [0, 0.1) is 0 Å². The van der Waals surface area contributed by atoms with Crippen molar-refractivity contribution in [3.8, 4) is 0 Å². The predicted molar refractivity (Wildman–Crippen MR) is 82.0 cm³/mol. The van der Waals surface area contributed by atoms with E-state index in [9.17, 15) is 8.42 Å². The van der Waals surface area contributed by atoms with E-state index in [0.29, 0.717) is 16.0 Å². The summed E-state index contributed by atoms with van der Waals surface area (Å²) in [5, 5.41) is 4.09. The van der Waals surface area contributed by atoms with E-state index in [4.69, 9.17) is 5.73 Å². The molecule has 2 rings (SSSR count). The summed E-state index contributed by atoms with van der Waals surface area (Å²) in [7, 11) is -3.73. The Morgan fingerprint density at radius 3 is 2.70 bits per heavy atom. The molecule has 0 amide bonds. The Balaban J connectivity index is 2.41. The fourth-order valence-corrected chi connectivity index (χ4v) is 3.77. The molecule has 2 aromatic rings. The van der Waals surface area contributed by atoms with Gasteiger partial charge in [0.1, 0.15) is 10.7 Å². The molecule has 0 aliphatic heterocycles. The molecule has 1 aromatic heterocycles. The third kappa shape index (κ3) is 2.96. The summed E-state index contributed by atoms with van der Waals surface area (Å²) >= 11 is 3.22. The Labute approximate surface area is 126 Å². The summed E-state index contributed by atoms with van der Waals surface area (Å²) in [6.45, 7) is 3.84. The quantitative estimate of drug-likeness (QED) is 0.821. The first-order valence-corrected chi connectivity index (χ1v) is 8.20. The number of hydrogen-bond acceptors (Lipinski definition) is 4. The van der Waals surface area contributed by atoms with Crippen molar-refractivity contribution >= 4 is 37.5 Å². The Morgan fingerprint density at radius 2 is 2.05 bits per heavy atom. The minimum atomic E-state index is -3.73. The van der Waals surface area contributed by atoms with Crippen LogP contribution < -0.4 is 10.5 Å². The van der Waals surface area contributed by atoms with E-state index in [-0.39, 0.29) is 10.9 Å². The second-order valence-corrected chi connectivity index (χ2v) is 7.06. The van der Waals surface area contributed by atoms with Gasteiger partial charge in [-0.2, -0.15) is 5.10 Å². The van der Waals surface area contributed by atoms with Crippen LogP contribution in [0.25, 0.3) is 0 Å². The maximum absolute atomic E-state index is 12.4. The molecule has 108 valence electrons. The first-order chi connectivity index (χ1) is 9.31. The second kappa shape index (κ2) is 5.45. The van der Waals surface area contributed by atoms with E-state index in [1.165, 1.54) is 6.07 Å². The molecule has 0 saturated carbocycles. The van der Waals surface area contributed by atoms with Gasteiger partial charge in [0.2, 0.25) is 0 Å². The highest BCUT2D eigenvalue weighted by Crippen LogP contribution is 2.26. The average Bonchev–Trinajstić information content (AvgIpc) is 2.79. The summed E-state index contributed by atoms with van der Waals surface area (Å²) in [6.07, 6.45) is 1.55. The topological polar surface area (TPSA) is 90.0 Å². The molecule has 0 aliphatic carbocycles. The van der Waals surface area contributed by atoms with Gasteiger partial charge in [0.05, 0.1) is 6.20 Å². The third-order valence-corrected chi connectivity index (χ3v) is 4.99. The molecule has 0 saturated heterocycles. The lowest BCUT2D eigenvalue weighted by Gasteiger charge is -2.14. The number of nitrogens with one attached hydrogen (secondary N) is 1. The molecule has 6 nitrogen and oxygen atoms in total. The normalized spacial score (nSPS) is 11.8. The Bertz CT molecular complexity index is 725. The van der Waals surface area contributed by atoms with Crippen LogP contribution in [0.4, 0.5) is 11.5 Å². The van der Waals surface area contributed by atoms with Crippen LogP contribution in [0.15, 0.2) is 39.8 Å². The molecule has 0 aliphatic rings. The van der Waals surface area contributed by atoms with E-state index >= 15 is 0 Å². The van der Waals surface area contributed by atoms with Gasteiger partial charge in [-0.25, -0.2) is 13.1 Å². The zero-order valence-electron chi connectivity index (χ0n) is 11.0. The first kappa shape index (κ1) is 14.9. The molecule has 1 heterocycles. The van der Waals surface area contributed by atoms with Gasteiger partial charge in [0.15, 0.2) is 0 Å². The van der Waals surface area contributed by atoms with Crippen molar-refractivity contribution in [1.29, 1.82) is 0 Å². The van der Waals surface area contributed by atoms with Crippen LogP contribution in [0.1, 0.15) is 19.9 Å². The molecule has 0 unspecified atom stereocenters. The van der Waals surface area contributed by atoms with Crippen LogP contribution in [0.5, 0.6) is 0 Å². The lowest BCUT2D eigenvalue weighted by molar-refractivity contribution is 0.539. The smallest absolute Gasteiger partial charge is 0.264 e. The van der Waals surface area contributed by atoms with Gasteiger partial charge >= 0.3 is 0 Å². The number of anilines is 2. The van der Waals surface area contributed by atoms with E-state index in [1.807, 2.05) is 13.8 Å². The maximum Gasteiger partial charge on any atom is 0.264 e. The summed E-state index contributed by atoms with van der Waals surface area (Å²) in [4.78, 5) is 0.0917. The van der Waals surface area contributed by atoms with Gasteiger partial charge in [-0.1, -0.05) is 0 Å². The standard InChI is InChI=1S/C12H15BrN4O2S/c1-8(2)17-12(5-6-15-17)16-20(18,19)11-7-9(14)3-4-10(11)13/h3-8,16H,14H2,1-2H3. The van der Waals surface area contributed by atoms with Crippen molar-refractivity contribution in [2.75, 3.05) is 10.5 Å². The zero-order valence-corrected chi connectivity index (χ0v) is 13.4. The highest BCUT2D eigenvalue weighted by molar-refractivity contribution is 9.10. The number of aromatic nitrogens is 2. The molecule has 0 bridgehead atoms. The van der Waals surface area contributed by atoms with Crippen LogP contribution >= 0.6 is 15.9 Å². The van der Waals surface area contributed by atoms with Gasteiger partial charge in [-0.05, 0) is 48.0 Å². The van der Waals surface area contributed by atoms with Crippen LogP contribution in [-0.2, 0) is 10.0 Å². The number of hydrogen-bond donors (Lipinski definition) is 2. The Kier molecular flexibility index (Phi) is 4.05. The highest BCUT2D eigenvalue weighted by atomic mass is 79.9.